The number of hydrogen-bond acceptors (Lipinski definition) is 4. The van der Waals surface area contributed by atoms with Crippen molar-refractivity contribution in [2.75, 3.05) is 31.3 Å². The second-order valence-corrected chi connectivity index (χ2v) is 7.84. The number of ether oxygens (including phenoxy) is 1. The quantitative estimate of drug-likeness (QED) is 0.829. The Hall–Kier alpha value is -0.520. The fourth-order valence-electron chi connectivity index (χ4n) is 3.15. The summed E-state index contributed by atoms with van der Waals surface area (Å²) in [6.45, 7) is 2.72. The zero-order chi connectivity index (χ0) is 14.5. The third-order valence-electron chi connectivity index (χ3n) is 4.36. The Kier molecular flexibility index (Phi) is 5.61. The maximum absolute atomic E-state index is 12.5. The van der Waals surface area contributed by atoms with E-state index in [1.54, 1.807) is 11.3 Å². The number of thioether (sulfide) groups is 1. The van der Waals surface area contributed by atoms with E-state index in [1.165, 1.54) is 4.88 Å². The second-order valence-electron chi connectivity index (χ2n) is 5.83. The fourth-order valence-corrected chi connectivity index (χ4v) is 5.15. The van der Waals surface area contributed by atoms with Gasteiger partial charge in [0, 0.05) is 24.6 Å². The molecule has 0 spiro atoms. The van der Waals surface area contributed by atoms with Crippen molar-refractivity contribution >= 4 is 29.0 Å². The smallest absolute Gasteiger partial charge is 0.233 e. The van der Waals surface area contributed by atoms with E-state index in [2.05, 4.69) is 22.4 Å². The van der Waals surface area contributed by atoms with E-state index >= 15 is 0 Å². The molecule has 1 amide bonds. The molecule has 0 N–H and O–H groups in total. The zero-order valence-corrected chi connectivity index (χ0v) is 14.0. The van der Waals surface area contributed by atoms with Crippen LogP contribution in [0.15, 0.2) is 17.5 Å². The monoisotopic (exact) mass is 325 g/mol. The number of nitrogens with zero attached hydrogens (tertiary/aromatic N) is 1. The molecule has 2 fully saturated rings. The lowest BCUT2D eigenvalue weighted by Gasteiger charge is -2.25. The van der Waals surface area contributed by atoms with Gasteiger partial charge < -0.3 is 9.64 Å². The number of carbonyl (C=O) groups is 1. The molecule has 2 aliphatic rings. The molecule has 3 heterocycles. The van der Waals surface area contributed by atoms with Crippen molar-refractivity contribution in [3.63, 3.8) is 0 Å². The van der Waals surface area contributed by atoms with E-state index in [1.807, 2.05) is 11.8 Å². The normalized spacial score (nSPS) is 23.6. The fraction of sp³-hybridized carbons (Fsp3) is 0.688. The van der Waals surface area contributed by atoms with Crippen molar-refractivity contribution in [1.29, 1.82) is 0 Å². The van der Waals surface area contributed by atoms with Crippen LogP contribution in [0.3, 0.4) is 0 Å². The molecule has 0 radical (unpaired) electrons. The Balaban J connectivity index is 1.46. The van der Waals surface area contributed by atoms with Crippen molar-refractivity contribution in [3.05, 3.63) is 22.4 Å². The molecule has 1 aromatic rings. The molecular weight excluding hydrogens is 302 g/mol. The van der Waals surface area contributed by atoms with Gasteiger partial charge in [-0.25, -0.2) is 0 Å². The molecule has 116 valence electrons. The third kappa shape index (κ3) is 4.02. The van der Waals surface area contributed by atoms with Crippen LogP contribution in [0.1, 0.15) is 36.6 Å². The molecule has 2 saturated heterocycles. The maximum Gasteiger partial charge on any atom is 0.233 e. The van der Waals surface area contributed by atoms with Crippen LogP contribution in [0.5, 0.6) is 0 Å². The lowest BCUT2D eigenvalue weighted by molar-refractivity contribution is -0.129. The van der Waals surface area contributed by atoms with Gasteiger partial charge in [-0.05, 0) is 48.8 Å². The summed E-state index contributed by atoms with van der Waals surface area (Å²) in [6.07, 6.45) is 4.57. The van der Waals surface area contributed by atoms with Crippen LogP contribution in [0.4, 0.5) is 0 Å². The van der Waals surface area contributed by atoms with E-state index in [-0.39, 0.29) is 0 Å². The van der Waals surface area contributed by atoms with Gasteiger partial charge in [-0.3, -0.25) is 4.79 Å². The highest BCUT2D eigenvalue weighted by Gasteiger charge is 2.30. The number of likely N-dealkylation sites (tertiary alicyclic amines) is 1. The number of hydrogen-bond donors (Lipinski definition) is 0. The number of carbonyl (C=O) groups excluding carboxylic acids is 1. The van der Waals surface area contributed by atoms with Crippen molar-refractivity contribution in [2.24, 2.45) is 5.92 Å². The largest absolute Gasteiger partial charge is 0.381 e. The first kappa shape index (κ1) is 15.4. The van der Waals surface area contributed by atoms with Gasteiger partial charge in [0.25, 0.3) is 0 Å². The molecule has 3 nitrogen and oxygen atoms in total. The van der Waals surface area contributed by atoms with Gasteiger partial charge in [-0.1, -0.05) is 6.07 Å². The summed E-state index contributed by atoms with van der Waals surface area (Å²) in [5.41, 5.74) is 0. The van der Waals surface area contributed by atoms with Crippen LogP contribution in [-0.2, 0) is 9.53 Å². The Morgan fingerprint density at radius 2 is 2.24 bits per heavy atom. The lowest BCUT2D eigenvalue weighted by atomic mass is 10.0. The van der Waals surface area contributed by atoms with E-state index in [0.29, 0.717) is 17.7 Å². The van der Waals surface area contributed by atoms with Crippen LogP contribution < -0.4 is 0 Å². The van der Waals surface area contributed by atoms with Gasteiger partial charge in [-0.2, -0.15) is 11.8 Å². The Morgan fingerprint density at radius 3 is 3.00 bits per heavy atom. The van der Waals surface area contributed by atoms with E-state index < -0.39 is 0 Å². The van der Waals surface area contributed by atoms with Crippen molar-refractivity contribution in [2.45, 2.75) is 31.7 Å². The van der Waals surface area contributed by atoms with Crippen LogP contribution in [0.2, 0.25) is 0 Å². The minimum absolute atomic E-state index is 0.322. The standard InChI is InChI=1S/C16H23NO2S2/c18-16(12-20-11-13-5-8-19-9-6-13)17-7-1-3-14(17)15-4-2-10-21-15/h2,4,10,13-14H,1,3,5-9,11-12H2. The van der Waals surface area contributed by atoms with Gasteiger partial charge in [0.15, 0.2) is 0 Å². The maximum atomic E-state index is 12.5. The molecule has 0 aliphatic carbocycles. The molecule has 0 bridgehead atoms. The Bertz CT molecular complexity index is 443. The molecule has 1 aromatic heterocycles. The van der Waals surface area contributed by atoms with E-state index in [9.17, 15) is 4.79 Å². The van der Waals surface area contributed by atoms with Crippen LogP contribution in [-0.4, -0.2) is 42.1 Å². The topological polar surface area (TPSA) is 29.5 Å². The van der Waals surface area contributed by atoms with E-state index in [0.717, 1.165) is 57.1 Å². The summed E-state index contributed by atoms with van der Waals surface area (Å²) < 4.78 is 5.38. The summed E-state index contributed by atoms with van der Waals surface area (Å²) in [5.74, 6) is 2.80. The van der Waals surface area contributed by atoms with Crippen molar-refractivity contribution < 1.29 is 9.53 Å². The van der Waals surface area contributed by atoms with Gasteiger partial charge in [-0.15, -0.1) is 11.3 Å². The first-order valence-corrected chi connectivity index (χ1v) is 9.86. The predicted molar refractivity (Wildman–Crippen MR) is 88.9 cm³/mol. The van der Waals surface area contributed by atoms with Gasteiger partial charge in [0.05, 0.1) is 11.8 Å². The molecular formula is C16H23NO2S2. The lowest BCUT2D eigenvalue weighted by Crippen LogP contribution is -2.32. The van der Waals surface area contributed by atoms with Gasteiger partial charge in [0.1, 0.15) is 0 Å². The minimum Gasteiger partial charge on any atom is -0.381 e. The SMILES string of the molecule is O=C(CSCC1CCOCC1)N1CCCC1c1cccs1. The second kappa shape index (κ2) is 7.65. The summed E-state index contributed by atoms with van der Waals surface area (Å²) in [6, 6.07) is 4.58. The summed E-state index contributed by atoms with van der Waals surface area (Å²) in [4.78, 5) is 15.9. The summed E-state index contributed by atoms with van der Waals surface area (Å²) in [7, 11) is 0. The highest BCUT2D eigenvalue weighted by atomic mass is 32.2. The average molecular weight is 325 g/mol. The molecule has 2 aliphatic heterocycles. The van der Waals surface area contributed by atoms with Gasteiger partial charge >= 0.3 is 0 Å². The zero-order valence-electron chi connectivity index (χ0n) is 12.3. The number of amides is 1. The highest BCUT2D eigenvalue weighted by Crippen LogP contribution is 2.35. The van der Waals surface area contributed by atoms with Gasteiger partial charge in [0.2, 0.25) is 5.91 Å². The summed E-state index contributed by atoms with van der Waals surface area (Å²) >= 11 is 3.58. The molecule has 0 aromatic carbocycles. The highest BCUT2D eigenvalue weighted by molar-refractivity contribution is 7.99. The van der Waals surface area contributed by atoms with Crippen LogP contribution in [0, 0.1) is 5.92 Å². The predicted octanol–water partition coefficient (Wildman–Crippen LogP) is 3.57. The molecule has 21 heavy (non-hydrogen) atoms. The van der Waals surface area contributed by atoms with Crippen molar-refractivity contribution in [3.8, 4) is 0 Å². The molecule has 5 heteroatoms. The first-order chi connectivity index (χ1) is 10.3. The first-order valence-electron chi connectivity index (χ1n) is 7.83. The Labute approximate surface area is 135 Å². The van der Waals surface area contributed by atoms with E-state index in [4.69, 9.17) is 4.74 Å². The van der Waals surface area contributed by atoms with Crippen LogP contribution in [0.25, 0.3) is 0 Å². The number of rotatable bonds is 5. The van der Waals surface area contributed by atoms with Crippen molar-refractivity contribution in [1.82, 2.24) is 4.90 Å². The minimum atomic E-state index is 0.322. The molecule has 1 unspecified atom stereocenters. The number of thiophene rings is 1. The van der Waals surface area contributed by atoms with Crippen LogP contribution >= 0.6 is 23.1 Å². The average Bonchev–Trinajstić information content (AvgIpc) is 3.19. The molecule has 0 saturated carbocycles. The Morgan fingerprint density at radius 1 is 1.38 bits per heavy atom. The third-order valence-corrected chi connectivity index (χ3v) is 6.50. The molecule has 1 atom stereocenters. The summed E-state index contributed by atoms with van der Waals surface area (Å²) in [5, 5.41) is 2.11. The molecule has 3 rings (SSSR count).